The molecule has 38 heavy (non-hydrogen) atoms. The second kappa shape index (κ2) is 9.37. The molecule has 0 bridgehead atoms. The van der Waals surface area contributed by atoms with Crippen LogP contribution in [0.3, 0.4) is 0 Å². The van der Waals surface area contributed by atoms with E-state index in [1.165, 1.54) is 4.74 Å². The van der Waals surface area contributed by atoms with Crippen molar-refractivity contribution in [1.29, 1.82) is 0 Å². The first-order valence-electron chi connectivity index (χ1n) is 9.80. The Hall–Kier alpha value is -1.84. The highest BCUT2D eigenvalue weighted by atomic mass is 19.4. The van der Waals surface area contributed by atoms with E-state index in [-0.39, 0.29) is 17.9 Å². The van der Waals surface area contributed by atoms with Gasteiger partial charge in [-0.1, -0.05) is 0 Å². The summed E-state index contributed by atoms with van der Waals surface area (Å²) in [6.45, 7) is -1.69. The van der Waals surface area contributed by atoms with Crippen LogP contribution in [-0.2, 0) is 14.3 Å². The van der Waals surface area contributed by atoms with Crippen molar-refractivity contribution in [2.24, 2.45) is 0 Å². The van der Waals surface area contributed by atoms with Gasteiger partial charge in [0, 0.05) is 25.7 Å². The molecule has 0 radical (unpaired) electrons. The summed E-state index contributed by atoms with van der Waals surface area (Å²) in [7, 11) is 0. The van der Waals surface area contributed by atoms with Gasteiger partial charge < -0.3 is 4.90 Å². The van der Waals surface area contributed by atoms with E-state index in [0.29, 0.717) is 13.0 Å². The van der Waals surface area contributed by atoms with Gasteiger partial charge in [-0.15, -0.1) is 0 Å². The molecule has 3 atom stereocenters. The number of hydrogen-bond acceptors (Lipinski definition) is 4. The van der Waals surface area contributed by atoms with E-state index in [2.05, 4.69) is 4.74 Å². The van der Waals surface area contributed by atoms with E-state index in [1.54, 1.807) is 4.90 Å². The molecule has 2 heterocycles. The molecule has 0 aliphatic carbocycles. The number of carbonyl (C=O) groups excluding carboxylic acids is 1. The van der Waals surface area contributed by atoms with Crippen LogP contribution in [0.5, 0.6) is 0 Å². The minimum atomic E-state index is -8.01. The third-order valence-electron chi connectivity index (χ3n) is 5.51. The smallest absolute Gasteiger partial charge is 0.335 e. The molecule has 0 aromatic heterocycles. The van der Waals surface area contributed by atoms with Gasteiger partial charge in [0.2, 0.25) is 0 Å². The Bertz CT molecular complexity index is 888. The molecule has 0 aromatic rings. The molecule has 3 unspecified atom stereocenters. The van der Waals surface area contributed by atoms with E-state index in [0.717, 1.165) is 0 Å². The maximum Gasteiger partial charge on any atom is 0.462 e. The maximum atomic E-state index is 14.8. The molecule has 2 saturated heterocycles. The monoisotopic (exact) mass is 604 g/mol. The molecular formula is C16H13F17N2O3. The second-order valence-corrected chi connectivity index (χ2v) is 8.08. The van der Waals surface area contributed by atoms with Crippen LogP contribution in [0, 0.1) is 0 Å². The van der Waals surface area contributed by atoms with E-state index in [9.17, 15) is 79.4 Å². The quantitative estimate of drug-likeness (QED) is 0.377. The Morgan fingerprint density at radius 1 is 0.632 bits per heavy atom. The average Bonchev–Trinajstić information content (AvgIpc) is 3.17. The second-order valence-electron chi connectivity index (χ2n) is 8.08. The zero-order valence-corrected chi connectivity index (χ0v) is 17.9. The van der Waals surface area contributed by atoms with Crippen LogP contribution in [-0.4, -0.2) is 96.3 Å². The standard InChI is InChI=1S/C16H13F17N2O3/c17-9(12(21,22)23,8(36)35-5-4-34-3-1-2-7(34)6-35)37-16(32,33)11(20,14(27,28)29)38-15(30,31)10(18,19)13(24,25)26/h7H,1-6H2. The van der Waals surface area contributed by atoms with Crippen molar-refractivity contribution in [3.8, 4) is 0 Å². The fraction of sp³-hybridized carbons (Fsp3) is 0.938. The Morgan fingerprint density at radius 2 is 1.16 bits per heavy atom. The highest BCUT2D eigenvalue weighted by Gasteiger charge is 2.85. The normalized spacial score (nSPS) is 24.1. The van der Waals surface area contributed by atoms with E-state index >= 15 is 0 Å². The van der Waals surface area contributed by atoms with Gasteiger partial charge in [0.05, 0.1) is 0 Å². The summed E-state index contributed by atoms with van der Waals surface area (Å²) in [5.74, 6) is -25.7. The molecular weight excluding hydrogens is 591 g/mol. The first kappa shape index (κ1) is 32.4. The SMILES string of the molecule is O=C(N1CCN2CCCC2C1)C(F)(OC(F)(F)C(F)(OC(F)(F)C(F)(F)C(F)(F)F)C(F)(F)F)C(F)(F)F. The largest absolute Gasteiger partial charge is 0.462 e. The van der Waals surface area contributed by atoms with Crippen LogP contribution in [0.15, 0.2) is 0 Å². The van der Waals surface area contributed by atoms with Crippen molar-refractivity contribution in [2.45, 2.75) is 67.3 Å². The number of nitrogens with zero attached hydrogens (tertiary/aromatic N) is 2. The van der Waals surface area contributed by atoms with Gasteiger partial charge in [-0.3, -0.25) is 19.2 Å². The molecule has 0 spiro atoms. The van der Waals surface area contributed by atoms with E-state index in [1.807, 2.05) is 0 Å². The van der Waals surface area contributed by atoms with Crippen LogP contribution in [0.2, 0.25) is 0 Å². The van der Waals surface area contributed by atoms with Crippen molar-refractivity contribution in [3.63, 3.8) is 0 Å². The van der Waals surface area contributed by atoms with Crippen LogP contribution < -0.4 is 0 Å². The lowest BCUT2D eigenvalue weighted by Gasteiger charge is -2.43. The molecule has 2 aliphatic rings. The summed E-state index contributed by atoms with van der Waals surface area (Å²) in [6.07, 6.45) is -37.8. The third kappa shape index (κ3) is 5.30. The number of hydrogen-bond donors (Lipinski definition) is 0. The van der Waals surface area contributed by atoms with Crippen molar-refractivity contribution in [1.82, 2.24) is 9.80 Å². The van der Waals surface area contributed by atoms with E-state index < -0.39 is 73.4 Å². The molecule has 0 N–H and O–H groups in total. The number of amides is 1. The summed E-state index contributed by atoms with van der Waals surface area (Å²) < 4.78 is 228. The number of alkyl halides is 17. The van der Waals surface area contributed by atoms with Crippen LogP contribution >= 0.6 is 0 Å². The van der Waals surface area contributed by atoms with Gasteiger partial charge in [-0.05, 0) is 19.4 Å². The van der Waals surface area contributed by atoms with Gasteiger partial charge in [-0.25, -0.2) is 0 Å². The molecule has 2 aliphatic heterocycles. The number of fused-ring (bicyclic) bond motifs is 1. The van der Waals surface area contributed by atoms with Gasteiger partial charge in [0.1, 0.15) is 0 Å². The molecule has 2 fully saturated rings. The van der Waals surface area contributed by atoms with E-state index in [4.69, 9.17) is 0 Å². The zero-order chi connectivity index (χ0) is 30.0. The third-order valence-corrected chi connectivity index (χ3v) is 5.51. The molecule has 224 valence electrons. The average molecular weight is 604 g/mol. The van der Waals surface area contributed by atoms with Crippen molar-refractivity contribution >= 4 is 5.91 Å². The zero-order valence-electron chi connectivity index (χ0n) is 17.9. The van der Waals surface area contributed by atoms with Gasteiger partial charge >= 0.3 is 48.4 Å². The first-order chi connectivity index (χ1) is 16.6. The van der Waals surface area contributed by atoms with Crippen LogP contribution in [0.1, 0.15) is 12.8 Å². The number of halogens is 17. The molecule has 0 aromatic carbocycles. The summed E-state index contributed by atoms with van der Waals surface area (Å²) in [4.78, 5) is 13.5. The van der Waals surface area contributed by atoms with Gasteiger partial charge in [-0.2, -0.15) is 74.6 Å². The molecule has 5 nitrogen and oxygen atoms in total. The minimum Gasteiger partial charge on any atom is -0.335 e. The van der Waals surface area contributed by atoms with Crippen molar-refractivity contribution in [2.75, 3.05) is 26.2 Å². The number of ether oxygens (including phenoxy) is 2. The number of piperazine rings is 1. The Morgan fingerprint density at radius 3 is 1.61 bits per heavy atom. The molecule has 0 saturated carbocycles. The Labute approximate surface area is 199 Å². The molecule has 2 rings (SSSR count). The van der Waals surface area contributed by atoms with Crippen LogP contribution in [0.4, 0.5) is 74.6 Å². The number of carbonyl (C=O) groups is 1. The summed E-state index contributed by atoms with van der Waals surface area (Å²) in [6, 6.07) is -0.784. The summed E-state index contributed by atoms with van der Waals surface area (Å²) >= 11 is 0. The van der Waals surface area contributed by atoms with Crippen LogP contribution in [0.25, 0.3) is 0 Å². The lowest BCUT2D eigenvalue weighted by atomic mass is 10.1. The molecule has 22 heteroatoms. The predicted molar refractivity (Wildman–Crippen MR) is 84.0 cm³/mol. The maximum absolute atomic E-state index is 14.8. The highest BCUT2D eigenvalue weighted by Crippen LogP contribution is 2.56. The van der Waals surface area contributed by atoms with Crippen molar-refractivity contribution < 1.29 is 88.9 Å². The Balaban J connectivity index is 2.52. The van der Waals surface area contributed by atoms with Gasteiger partial charge in [0.25, 0.3) is 5.91 Å². The number of rotatable bonds is 7. The fourth-order valence-electron chi connectivity index (χ4n) is 3.53. The highest BCUT2D eigenvalue weighted by molar-refractivity contribution is 5.85. The summed E-state index contributed by atoms with van der Waals surface area (Å²) in [5.41, 5.74) is 0. The first-order valence-corrected chi connectivity index (χ1v) is 9.80. The fourth-order valence-corrected chi connectivity index (χ4v) is 3.53. The lowest BCUT2D eigenvalue weighted by Crippen LogP contribution is -2.69. The minimum absolute atomic E-state index is 0.170. The van der Waals surface area contributed by atoms with Crippen molar-refractivity contribution in [3.05, 3.63) is 0 Å². The molecule has 1 amide bonds. The lowest BCUT2D eigenvalue weighted by molar-refractivity contribution is -0.548. The topological polar surface area (TPSA) is 42.0 Å². The Kier molecular flexibility index (Phi) is 7.99. The predicted octanol–water partition coefficient (Wildman–Crippen LogP) is 5.17. The summed E-state index contributed by atoms with van der Waals surface area (Å²) in [5, 5.41) is 0. The van der Waals surface area contributed by atoms with Gasteiger partial charge in [0.15, 0.2) is 0 Å².